The molecule has 0 aliphatic rings. The number of hydrogen-bond donors (Lipinski definition) is 1. The van der Waals surface area contributed by atoms with Crippen molar-refractivity contribution in [1.29, 1.82) is 0 Å². The number of aromatic nitrogens is 1. The monoisotopic (exact) mass is 321 g/mol. The highest BCUT2D eigenvalue weighted by molar-refractivity contribution is 5.76. The SMILES string of the molecule is CCCCNC(=O)CCCn1c(=O)oc2cc([N+](=O)[O-])ccc21. The fourth-order valence-electron chi connectivity index (χ4n) is 2.27. The number of carbonyl (C=O) groups excluding carboxylic acids is 1. The van der Waals surface area contributed by atoms with Crippen molar-refractivity contribution < 1.29 is 14.1 Å². The third-order valence-electron chi connectivity index (χ3n) is 3.50. The Kier molecular flexibility index (Phi) is 5.51. The lowest BCUT2D eigenvalue weighted by Crippen LogP contribution is -2.24. The van der Waals surface area contributed by atoms with E-state index in [1.807, 2.05) is 6.92 Å². The number of nitro groups is 1. The van der Waals surface area contributed by atoms with Crippen molar-refractivity contribution in [3.8, 4) is 0 Å². The van der Waals surface area contributed by atoms with Crippen LogP contribution in [0.3, 0.4) is 0 Å². The van der Waals surface area contributed by atoms with Crippen molar-refractivity contribution >= 4 is 22.7 Å². The maximum atomic E-state index is 11.8. The van der Waals surface area contributed by atoms with Gasteiger partial charge in [-0.3, -0.25) is 19.5 Å². The molecule has 8 nitrogen and oxygen atoms in total. The summed E-state index contributed by atoms with van der Waals surface area (Å²) in [4.78, 5) is 33.6. The second-order valence-electron chi connectivity index (χ2n) is 5.24. The second kappa shape index (κ2) is 7.57. The van der Waals surface area contributed by atoms with Gasteiger partial charge in [-0.2, -0.15) is 0 Å². The molecule has 0 saturated carbocycles. The molecule has 1 aromatic carbocycles. The molecule has 8 heteroatoms. The minimum atomic E-state index is -0.577. The Morgan fingerprint density at radius 1 is 1.39 bits per heavy atom. The summed E-state index contributed by atoms with van der Waals surface area (Å²) in [7, 11) is 0. The van der Waals surface area contributed by atoms with Gasteiger partial charge in [0.05, 0.1) is 16.5 Å². The predicted molar refractivity (Wildman–Crippen MR) is 84.3 cm³/mol. The molecular formula is C15H19N3O5. The van der Waals surface area contributed by atoms with E-state index in [4.69, 9.17) is 4.42 Å². The molecule has 1 heterocycles. The molecule has 0 aliphatic heterocycles. The number of fused-ring (bicyclic) bond motifs is 1. The molecule has 0 atom stereocenters. The van der Waals surface area contributed by atoms with E-state index in [1.165, 1.54) is 22.8 Å². The van der Waals surface area contributed by atoms with Crippen LogP contribution in [0.4, 0.5) is 5.69 Å². The summed E-state index contributed by atoms with van der Waals surface area (Å²) < 4.78 is 6.42. The summed E-state index contributed by atoms with van der Waals surface area (Å²) in [5.41, 5.74) is 0.539. The number of rotatable bonds is 8. The van der Waals surface area contributed by atoms with E-state index in [1.54, 1.807) is 0 Å². The third kappa shape index (κ3) is 4.18. The Morgan fingerprint density at radius 2 is 2.17 bits per heavy atom. The Hall–Kier alpha value is -2.64. The average molecular weight is 321 g/mol. The molecule has 1 aromatic heterocycles. The molecule has 0 aliphatic carbocycles. The van der Waals surface area contributed by atoms with E-state index in [0.717, 1.165) is 12.8 Å². The topological polar surface area (TPSA) is 107 Å². The first-order valence-electron chi connectivity index (χ1n) is 7.57. The fourth-order valence-corrected chi connectivity index (χ4v) is 2.27. The van der Waals surface area contributed by atoms with Gasteiger partial charge in [-0.25, -0.2) is 4.79 Å². The maximum absolute atomic E-state index is 11.8. The normalized spacial score (nSPS) is 10.8. The fraction of sp³-hybridized carbons (Fsp3) is 0.467. The van der Waals surface area contributed by atoms with Crippen LogP contribution < -0.4 is 11.1 Å². The van der Waals surface area contributed by atoms with Gasteiger partial charge in [0.15, 0.2) is 5.58 Å². The number of nitro benzene ring substituents is 1. The molecule has 2 rings (SSSR count). The number of benzene rings is 1. The lowest BCUT2D eigenvalue weighted by Gasteiger charge is -2.04. The van der Waals surface area contributed by atoms with Crippen LogP contribution in [0, 0.1) is 10.1 Å². The van der Waals surface area contributed by atoms with Gasteiger partial charge in [0.2, 0.25) is 5.91 Å². The minimum Gasteiger partial charge on any atom is -0.407 e. The molecule has 1 N–H and O–H groups in total. The van der Waals surface area contributed by atoms with Crippen LogP contribution in [0.25, 0.3) is 11.1 Å². The first-order valence-corrected chi connectivity index (χ1v) is 7.57. The third-order valence-corrected chi connectivity index (χ3v) is 3.50. The van der Waals surface area contributed by atoms with Crippen molar-refractivity contribution in [1.82, 2.24) is 9.88 Å². The van der Waals surface area contributed by atoms with Crippen molar-refractivity contribution in [3.63, 3.8) is 0 Å². The predicted octanol–water partition coefficient (Wildman–Crippen LogP) is 2.20. The van der Waals surface area contributed by atoms with Gasteiger partial charge >= 0.3 is 5.76 Å². The minimum absolute atomic E-state index is 0.0464. The van der Waals surface area contributed by atoms with Gasteiger partial charge in [-0.05, 0) is 18.9 Å². The quantitative estimate of drug-likeness (QED) is 0.455. The summed E-state index contributed by atoms with van der Waals surface area (Å²) in [6.45, 7) is 3.03. The zero-order valence-corrected chi connectivity index (χ0v) is 12.9. The van der Waals surface area contributed by atoms with Crippen LogP contribution in [0.1, 0.15) is 32.6 Å². The molecule has 0 bridgehead atoms. The molecule has 124 valence electrons. The number of amides is 1. The highest BCUT2D eigenvalue weighted by Crippen LogP contribution is 2.20. The average Bonchev–Trinajstić information content (AvgIpc) is 2.82. The Morgan fingerprint density at radius 3 is 2.87 bits per heavy atom. The molecule has 0 unspecified atom stereocenters. The lowest BCUT2D eigenvalue weighted by molar-refractivity contribution is -0.384. The van der Waals surface area contributed by atoms with Crippen LogP contribution in [0.2, 0.25) is 0 Å². The summed E-state index contributed by atoms with van der Waals surface area (Å²) in [5.74, 6) is -0.623. The number of hydrogen-bond acceptors (Lipinski definition) is 5. The van der Waals surface area contributed by atoms with E-state index in [-0.39, 0.29) is 17.2 Å². The summed E-state index contributed by atoms with van der Waals surface area (Å²) in [6.07, 6.45) is 2.76. The molecule has 23 heavy (non-hydrogen) atoms. The van der Waals surface area contributed by atoms with Crippen molar-refractivity contribution in [3.05, 3.63) is 38.9 Å². The van der Waals surface area contributed by atoms with Crippen molar-refractivity contribution in [2.75, 3.05) is 6.54 Å². The van der Waals surface area contributed by atoms with Crippen LogP contribution >= 0.6 is 0 Å². The van der Waals surface area contributed by atoms with Crippen LogP contribution in [-0.2, 0) is 11.3 Å². The highest BCUT2D eigenvalue weighted by atomic mass is 16.6. The molecule has 0 radical (unpaired) electrons. The highest BCUT2D eigenvalue weighted by Gasteiger charge is 2.14. The second-order valence-corrected chi connectivity index (χ2v) is 5.24. The summed E-state index contributed by atoms with van der Waals surface area (Å²) in [5, 5.41) is 13.5. The van der Waals surface area contributed by atoms with Gasteiger partial charge in [-0.1, -0.05) is 13.3 Å². The summed E-state index contributed by atoms with van der Waals surface area (Å²) in [6, 6.07) is 4.04. The first kappa shape index (κ1) is 16.7. The van der Waals surface area contributed by atoms with Gasteiger partial charge in [0, 0.05) is 25.6 Å². The van der Waals surface area contributed by atoms with Crippen LogP contribution in [0.5, 0.6) is 0 Å². The van der Waals surface area contributed by atoms with Gasteiger partial charge in [0.25, 0.3) is 5.69 Å². The maximum Gasteiger partial charge on any atom is 0.419 e. The van der Waals surface area contributed by atoms with Gasteiger partial charge in [-0.15, -0.1) is 0 Å². The molecule has 0 spiro atoms. The number of non-ortho nitro benzene ring substituents is 1. The smallest absolute Gasteiger partial charge is 0.407 e. The number of carbonyl (C=O) groups is 1. The molecule has 0 saturated heterocycles. The van der Waals surface area contributed by atoms with E-state index in [9.17, 15) is 19.7 Å². The Balaban J connectivity index is 2.00. The Bertz CT molecular complexity index is 762. The van der Waals surface area contributed by atoms with Crippen LogP contribution in [0.15, 0.2) is 27.4 Å². The first-order chi connectivity index (χ1) is 11.0. The van der Waals surface area contributed by atoms with Crippen molar-refractivity contribution in [2.45, 2.75) is 39.2 Å². The molecule has 0 fully saturated rings. The molecular weight excluding hydrogens is 302 g/mol. The van der Waals surface area contributed by atoms with Crippen LogP contribution in [-0.4, -0.2) is 21.9 Å². The summed E-state index contributed by atoms with van der Waals surface area (Å²) >= 11 is 0. The molecule has 1 amide bonds. The van der Waals surface area contributed by atoms with E-state index < -0.39 is 10.7 Å². The number of nitrogens with zero attached hydrogens (tertiary/aromatic N) is 2. The zero-order valence-electron chi connectivity index (χ0n) is 12.9. The van der Waals surface area contributed by atoms with Gasteiger partial charge < -0.3 is 9.73 Å². The Labute approximate surface area is 132 Å². The molecule has 2 aromatic rings. The van der Waals surface area contributed by atoms with Crippen molar-refractivity contribution in [2.24, 2.45) is 0 Å². The number of unbranched alkanes of at least 4 members (excludes halogenated alkanes) is 1. The largest absolute Gasteiger partial charge is 0.419 e. The number of oxazole rings is 1. The number of aryl methyl sites for hydroxylation is 1. The van der Waals surface area contributed by atoms with E-state index in [2.05, 4.69) is 5.32 Å². The van der Waals surface area contributed by atoms with E-state index in [0.29, 0.717) is 31.4 Å². The van der Waals surface area contributed by atoms with E-state index >= 15 is 0 Å². The number of nitrogens with one attached hydrogen (secondary N) is 1. The standard InChI is InChI=1S/C15H19N3O5/c1-2-3-8-16-14(19)5-4-9-17-12-7-6-11(18(21)22)10-13(12)23-15(17)20/h6-7,10H,2-5,8-9H2,1H3,(H,16,19). The lowest BCUT2D eigenvalue weighted by atomic mass is 10.2. The van der Waals surface area contributed by atoms with Gasteiger partial charge in [0.1, 0.15) is 0 Å². The zero-order chi connectivity index (χ0) is 16.8.